The third kappa shape index (κ3) is 6.05. The first-order valence-corrected chi connectivity index (χ1v) is 10.8. The largest absolute Gasteiger partial charge is 0.462 e. The molecule has 3 aromatic rings. The molecular weight excluding hydrogens is 412 g/mol. The fraction of sp³-hybridized carbons (Fsp3) is 0.217. The van der Waals surface area contributed by atoms with E-state index in [4.69, 9.17) is 10.5 Å². The van der Waals surface area contributed by atoms with E-state index in [1.54, 1.807) is 11.8 Å². The predicted molar refractivity (Wildman–Crippen MR) is 122 cm³/mol. The Morgan fingerprint density at radius 1 is 1.13 bits per heavy atom. The lowest BCUT2D eigenvalue weighted by Crippen LogP contribution is -2.32. The first-order chi connectivity index (χ1) is 15.0. The van der Waals surface area contributed by atoms with Gasteiger partial charge in [0.05, 0.1) is 18.9 Å². The van der Waals surface area contributed by atoms with Gasteiger partial charge in [0.2, 0.25) is 5.91 Å². The quantitative estimate of drug-likeness (QED) is 0.325. The molecule has 0 aliphatic heterocycles. The molecule has 0 saturated heterocycles. The number of amides is 1. The monoisotopic (exact) mass is 436 g/mol. The lowest BCUT2D eigenvalue weighted by atomic mass is 10.1. The summed E-state index contributed by atoms with van der Waals surface area (Å²) in [7, 11) is 0. The SMILES string of the molecule is CCOC(=O)c1cnc(SCC(=O)N(Cc2ccccc2)c2cccc(C)c2)nc1N. The van der Waals surface area contributed by atoms with Gasteiger partial charge in [0.1, 0.15) is 11.4 Å². The molecule has 1 heterocycles. The van der Waals surface area contributed by atoms with Crippen molar-refractivity contribution in [2.45, 2.75) is 25.5 Å². The number of aromatic nitrogens is 2. The average molecular weight is 437 g/mol. The van der Waals surface area contributed by atoms with Gasteiger partial charge in [-0.15, -0.1) is 0 Å². The minimum absolute atomic E-state index is 0.0308. The van der Waals surface area contributed by atoms with Crippen molar-refractivity contribution in [1.29, 1.82) is 0 Å². The van der Waals surface area contributed by atoms with Crippen molar-refractivity contribution in [3.63, 3.8) is 0 Å². The number of nitrogens with two attached hydrogens (primary N) is 1. The van der Waals surface area contributed by atoms with Crippen molar-refractivity contribution >= 4 is 35.1 Å². The van der Waals surface area contributed by atoms with Crippen molar-refractivity contribution in [3.8, 4) is 0 Å². The maximum Gasteiger partial charge on any atom is 0.343 e. The van der Waals surface area contributed by atoms with E-state index in [1.807, 2.05) is 61.5 Å². The highest BCUT2D eigenvalue weighted by atomic mass is 32.2. The second-order valence-corrected chi connectivity index (χ2v) is 7.71. The Bertz CT molecular complexity index is 1060. The number of anilines is 2. The van der Waals surface area contributed by atoms with E-state index in [9.17, 15) is 9.59 Å². The molecule has 1 amide bonds. The van der Waals surface area contributed by atoms with Gasteiger partial charge in [-0.2, -0.15) is 0 Å². The molecule has 0 unspecified atom stereocenters. The zero-order valence-electron chi connectivity index (χ0n) is 17.4. The number of esters is 1. The van der Waals surface area contributed by atoms with Crippen LogP contribution in [0.25, 0.3) is 0 Å². The van der Waals surface area contributed by atoms with E-state index in [0.29, 0.717) is 11.7 Å². The maximum absolute atomic E-state index is 13.1. The fourth-order valence-corrected chi connectivity index (χ4v) is 3.60. The summed E-state index contributed by atoms with van der Waals surface area (Å²) in [4.78, 5) is 35.0. The first-order valence-electron chi connectivity index (χ1n) is 9.81. The number of aryl methyl sites for hydroxylation is 1. The lowest BCUT2D eigenvalue weighted by molar-refractivity contribution is -0.116. The smallest absolute Gasteiger partial charge is 0.343 e. The van der Waals surface area contributed by atoms with Gasteiger partial charge in [0.25, 0.3) is 0 Å². The number of nitrogen functional groups attached to an aromatic ring is 1. The molecule has 8 heteroatoms. The number of rotatable bonds is 8. The molecule has 3 rings (SSSR count). The van der Waals surface area contributed by atoms with Gasteiger partial charge in [0, 0.05) is 11.9 Å². The third-order valence-corrected chi connectivity index (χ3v) is 5.26. The van der Waals surface area contributed by atoms with Crippen LogP contribution in [0.4, 0.5) is 11.5 Å². The van der Waals surface area contributed by atoms with Crippen LogP contribution < -0.4 is 10.6 Å². The minimum atomic E-state index is -0.568. The van der Waals surface area contributed by atoms with Crippen LogP contribution >= 0.6 is 11.8 Å². The Kier molecular flexibility index (Phi) is 7.61. The highest BCUT2D eigenvalue weighted by Gasteiger charge is 2.19. The van der Waals surface area contributed by atoms with Crippen molar-refractivity contribution < 1.29 is 14.3 Å². The minimum Gasteiger partial charge on any atom is -0.462 e. The molecule has 2 N–H and O–H groups in total. The van der Waals surface area contributed by atoms with Crippen molar-refractivity contribution in [1.82, 2.24) is 9.97 Å². The van der Waals surface area contributed by atoms with E-state index in [1.165, 1.54) is 18.0 Å². The van der Waals surface area contributed by atoms with E-state index in [-0.39, 0.29) is 29.6 Å². The third-order valence-electron chi connectivity index (χ3n) is 4.41. The molecule has 0 atom stereocenters. The Morgan fingerprint density at radius 2 is 1.90 bits per heavy atom. The summed E-state index contributed by atoms with van der Waals surface area (Å²) in [5.41, 5.74) is 8.91. The summed E-state index contributed by atoms with van der Waals surface area (Å²) in [6.45, 7) is 4.39. The topological polar surface area (TPSA) is 98.4 Å². The Labute approximate surface area is 185 Å². The van der Waals surface area contributed by atoms with Crippen LogP contribution in [-0.4, -0.2) is 34.2 Å². The molecule has 0 aliphatic rings. The Balaban J connectivity index is 1.74. The van der Waals surface area contributed by atoms with Crippen LogP contribution in [0, 0.1) is 6.92 Å². The predicted octanol–water partition coefficient (Wildman–Crippen LogP) is 3.87. The van der Waals surface area contributed by atoms with Gasteiger partial charge in [-0.3, -0.25) is 4.79 Å². The normalized spacial score (nSPS) is 10.5. The van der Waals surface area contributed by atoms with Crippen molar-refractivity contribution in [2.75, 3.05) is 23.0 Å². The molecule has 0 spiro atoms. The molecule has 0 bridgehead atoms. The average Bonchev–Trinajstić information content (AvgIpc) is 2.76. The van der Waals surface area contributed by atoms with E-state index in [0.717, 1.165) is 16.8 Å². The van der Waals surface area contributed by atoms with Crippen molar-refractivity contribution in [3.05, 3.63) is 77.5 Å². The molecule has 0 saturated carbocycles. The van der Waals surface area contributed by atoms with Gasteiger partial charge in [-0.25, -0.2) is 14.8 Å². The number of nitrogens with zero attached hydrogens (tertiary/aromatic N) is 3. The first kappa shape index (κ1) is 22.3. The zero-order valence-corrected chi connectivity index (χ0v) is 18.3. The van der Waals surface area contributed by atoms with Crippen LogP contribution in [0.15, 0.2) is 66.0 Å². The molecule has 31 heavy (non-hydrogen) atoms. The molecule has 7 nitrogen and oxygen atoms in total. The van der Waals surface area contributed by atoms with Crippen LogP contribution in [0.1, 0.15) is 28.4 Å². The number of hydrogen-bond acceptors (Lipinski definition) is 7. The maximum atomic E-state index is 13.1. The molecule has 1 aromatic heterocycles. The molecule has 0 fully saturated rings. The van der Waals surface area contributed by atoms with Crippen LogP contribution in [0.5, 0.6) is 0 Å². The number of carbonyl (C=O) groups is 2. The standard InChI is InChI=1S/C23H24N4O3S/c1-3-30-22(29)19-13-25-23(26-21(19)24)31-15-20(28)27(14-17-9-5-4-6-10-17)18-11-7-8-16(2)12-18/h4-13H,3,14-15H2,1-2H3,(H2,24,25,26). The Hall–Kier alpha value is -3.39. The molecule has 0 aliphatic carbocycles. The summed E-state index contributed by atoms with van der Waals surface area (Å²) in [6, 6.07) is 17.6. The zero-order chi connectivity index (χ0) is 22.2. The Morgan fingerprint density at radius 3 is 2.58 bits per heavy atom. The summed E-state index contributed by atoms with van der Waals surface area (Å²) < 4.78 is 4.93. The number of carbonyl (C=O) groups excluding carboxylic acids is 2. The lowest BCUT2D eigenvalue weighted by Gasteiger charge is -2.23. The summed E-state index contributed by atoms with van der Waals surface area (Å²) in [5, 5.41) is 0.322. The second-order valence-electron chi connectivity index (χ2n) is 6.77. The fourth-order valence-electron chi connectivity index (χ4n) is 2.90. The van der Waals surface area contributed by atoms with Crippen LogP contribution in [0.2, 0.25) is 0 Å². The summed E-state index contributed by atoms with van der Waals surface area (Å²) >= 11 is 1.17. The van der Waals surface area contributed by atoms with Crippen LogP contribution in [0.3, 0.4) is 0 Å². The number of thioether (sulfide) groups is 1. The van der Waals surface area contributed by atoms with Gasteiger partial charge in [-0.05, 0) is 37.1 Å². The van der Waals surface area contributed by atoms with E-state index in [2.05, 4.69) is 9.97 Å². The second kappa shape index (κ2) is 10.6. The van der Waals surface area contributed by atoms with Gasteiger partial charge < -0.3 is 15.4 Å². The van der Waals surface area contributed by atoms with E-state index >= 15 is 0 Å². The molecule has 0 radical (unpaired) electrons. The highest BCUT2D eigenvalue weighted by Crippen LogP contribution is 2.23. The van der Waals surface area contributed by atoms with Gasteiger partial charge in [-0.1, -0.05) is 54.2 Å². The van der Waals surface area contributed by atoms with Gasteiger partial charge >= 0.3 is 5.97 Å². The van der Waals surface area contributed by atoms with Gasteiger partial charge in [0.15, 0.2) is 5.16 Å². The summed E-state index contributed by atoms with van der Waals surface area (Å²) in [5.74, 6) is -0.501. The molecule has 2 aromatic carbocycles. The summed E-state index contributed by atoms with van der Waals surface area (Å²) in [6.07, 6.45) is 1.33. The highest BCUT2D eigenvalue weighted by molar-refractivity contribution is 7.99. The van der Waals surface area contributed by atoms with Crippen molar-refractivity contribution in [2.24, 2.45) is 0 Å². The number of hydrogen-bond donors (Lipinski definition) is 1. The molecule has 160 valence electrons. The van der Waals surface area contributed by atoms with Crippen LogP contribution in [-0.2, 0) is 16.1 Å². The number of ether oxygens (including phenoxy) is 1. The molecular formula is C23H24N4O3S. The van der Waals surface area contributed by atoms with E-state index < -0.39 is 5.97 Å². The number of benzene rings is 2.